The Morgan fingerprint density at radius 2 is 1.89 bits per heavy atom. The lowest BCUT2D eigenvalue weighted by molar-refractivity contribution is 0.142. The Morgan fingerprint density at radius 3 is 2.63 bits per heavy atom. The molecule has 0 saturated carbocycles. The van der Waals surface area contributed by atoms with Crippen molar-refractivity contribution >= 4 is 29.0 Å². The van der Waals surface area contributed by atoms with E-state index in [-0.39, 0.29) is 5.96 Å². The fraction of sp³-hybridized carbons (Fsp3) is 0.333. The van der Waals surface area contributed by atoms with Gasteiger partial charge in [0.1, 0.15) is 0 Å². The minimum atomic E-state index is 0.279. The second-order valence-corrected chi connectivity index (χ2v) is 6.55. The van der Waals surface area contributed by atoms with Crippen LogP contribution >= 0.6 is 12.2 Å². The summed E-state index contributed by atoms with van der Waals surface area (Å²) in [4.78, 5) is 4.20. The molecule has 0 spiro atoms. The molecular weight excluding hydrogens is 356 g/mol. The molecule has 0 fully saturated rings. The van der Waals surface area contributed by atoms with Gasteiger partial charge in [0, 0.05) is 12.2 Å². The van der Waals surface area contributed by atoms with Crippen molar-refractivity contribution in [1.82, 2.24) is 5.32 Å². The summed E-state index contributed by atoms with van der Waals surface area (Å²) >= 11 is 5.22. The summed E-state index contributed by atoms with van der Waals surface area (Å²) in [5, 5.41) is 6.54. The van der Waals surface area contributed by atoms with Crippen molar-refractivity contribution in [3.05, 3.63) is 65.2 Å². The molecule has 0 amide bonds. The molecule has 0 saturated heterocycles. The molecule has 0 aliphatic heterocycles. The highest BCUT2D eigenvalue weighted by atomic mass is 32.1. The SMILES string of the molecule is CCc1cccc(C)c1NC(N)=NC(=S)NCCOCCc1ccccc1. The summed E-state index contributed by atoms with van der Waals surface area (Å²) in [5.74, 6) is 0.279. The Morgan fingerprint density at radius 1 is 1.11 bits per heavy atom. The first-order valence-electron chi connectivity index (χ1n) is 9.19. The van der Waals surface area contributed by atoms with E-state index >= 15 is 0 Å². The Bertz CT molecular complexity index is 762. The number of anilines is 1. The number of guanidine groups is 1. The highest BCUT2D eigenvalue weighted by Crippen LogP contribution is 2.20. The van der Waals surface area contributed by atoms with E-state index in [0.717, 1.165) is 24.1 Å². The summed E-state index contributed by atoms with van der Waals surface area (Å²) in [6.45, 7) is 5.98. The van der Waals surface area contributed by atoms with Crippen LogP contribution < -0.4 is 16.4 Å². The molecule has 2 aromatic rings. The lowest BCUT2D eigenvalue weighted by Gasteiger charge is -2.13. The number of hydrogen-bond acceptors (Lipinski definition) is 2. The van der Waals surface area contributed by atoms with Crippen molar-refractivity contribution in [3.63, 3.8) is 0 Å². The fourth-order valence-electron chi connectivity index (χ4n) is 2.67. The molecule has 0 aromatic heterocycles. The smallest absolute Gasteiger partial charge is 0.200 e. The van der Waals surface area contributed by atoms with Crippen molar-refractivity contribution < 1.29 is 4.74 Å². The second-order valence-electron chi connectivity index (χ2n) is 6.16. The average molecular weight is 385 g/mol. The van der Waals surface area contributed by atoms with Crippen molar-refractivity contribution in [1.29, 1.82) is 0 Å². The lowest BCUT2D eigenvalue weighted by Crippen LogP contribution is -2.30. The predicted molar refractivity (Wildman–Crippen MR) is 117 cm³/mol. The molecule has 0 bridgehead atoms. The number of ether oxygens (including phenoxy) is 1. The van der Waals surface area contributed by atoms with Crippen LogP contribution in [0.2, 0.25) is 0 Å². The molecule has 4 N–H and O–H groups in total. The van der Waals surface area contributed by atoms with E-state index in [1.165, 1.54) is 11.1 Å². The van der Waals surface area contributed by atoms with E-state index in [0.29, 0.717) is 24.9 Å². The monoisotopic (exact) mass is 384 g/mol. The maximum absolute atomic E-state index is 6.00. The second kappa shape index (κ2) is 11.3. The zero-order valence-corrected chi connectivity index (χ0v) is 16.8. The van der Waals surface area contributed by atoms with E-state index in [9.17, 15) is 0 Å². The molecule has 0 atom stereocenters. The summed E-state index contributed by atoms with van der Waals surface area (Å²) in [6.07, 6.45) is 1.82. The first kappa shape index (κ1) is 20.9. The van der Waals surface area contributed by atoms with Crippen LogP contribution in [-0.2, 0) is 17.6 Å². The summed E-state index contributed by atoms with van der Waals surface area (Å²) < 4.78 is 5.62. The third-order valence-electron chi connectivity index (χ3n) is 4.12. The van der Waals surface area contributed by atoms with Gasteiger partial charge in [0.15, 0.2) is 5.11 Å². The van der Waals surface area contributed by atoms with Gasteiger partial charge in [-0.1, -0.05) is 55.5 Å². The zero-order valence-electron chi connectivity index (χ0n) is 16.0. The largest absolute Gasteiger partial charge is 0.379 e. The van der Waals surface area contributed by atoms with E-state index < -0.39 is 0 Å². The molecule has 2 aromatic carbocycles. The molecule has 0 aliphatic carbocycles. The third kappa shape index (κ3) is 7.37. The number of nitrogens with one attached hydrogen (secondary N) is 2. The van der Waals surface area contributed by atoms with Gasteiger partial charge in [-0.05, 0) is 48.7 Å². The molecule has 144 valence electrons. The van der Waals surface area contributed by atoms with E-state index in [1.54, 1.807) is 0 Å². The molecule has 6 heteroatoms. The van der Waals surface area contributed by atoms with Crippen LogP contribution in [0, 0.1) is 6.92 Å². The van der Waals surface area contributed by atoms with Crippen molar-refractivity contribution in [3.8, 4) is 0 Å². The minimum Gasteiger partial charge on any atom is -0.379 e. The van der Waals surface area contributed by atoms with Crippen LogP contribution in [0.1, 0.15) is 23.6 Å². The fourth-order valence-corrected chi connectivity index (χ4v) is 2.87. The summed E-state index contributed by atoms with van der Waals surface area (Å²) in [7, 11) is 0. The number of thiocarbonyl (C=S) groups is 1. The van der Waals surface area contributed by atoms with Crippen molar-refractivity contribution in [2.75, 3.05) is 25.1 Å². The maximum Gasteiger partial charge on any atom is 0.200 e. The van der Waals surface area contributed by atoms with Gasteiger partial charge in [-0.15, -0.1) is 0 Å². The van der Waals surface area contributed by atoms with Gasteiger partial charge in [-0.25, -0.2) is 0 Å². The maximum atomic E-state index is 6.00. The van der Waals surface area contributed by atoms with Crippen LogP contribution in [0.4, 0.5) is 5.69 Å². The Labute approximate surface area is 167 Å². The van der Waals surface area contributed by atoms with Gasteiger partial charge in [-0.3, -0.25) is 0 Å². The number of para-hydroxylation sites is 1. The van der Waals surface area contributed by atoms with Gasteiger partial charge in [0.25, 0.3) is 0 Å². The Hall–Kier alpha value is -2.44. The highest BCUT2D eigenvalue weighted by molar-refractivity contribution is 7.80. The van der Waals surface area contributed by atoms with Crippen molar-refractivity contribution in [2.45, 2.75) is 26.7 Å². The average Bonchev–Trinajstić information content (AvgIpc) is 2.67. The van der Waals surface area contributed by atoms with Gasteiger partial charge in [0.05, 0.1) is 13.2 Å². The van der Waals surface area contributed by atoms with Crippen LogP contribution in [0.3, 0.4) is 0 Å². The number of nitrogens with two attached hydrogens (primary N) is 1. The van der Waals surface area contributed by atoms with Crippen LogP contribution in [0.15, 0.2) is 53.5 Å². The molecule has 27 heavy (non-hydrogen) atoms. The lowest BCUT2D eigenvalue weighted by atomic mass is 10.1. The van der Waals surface area contributed by atoms with E-state index in [1.807, 2.05) is 37.3 Å². The first-order valence-corrected chi connectivity index (χ1v) is 9.60. The van der Waals surface area contributed by atoms with Crippen LogP contribution in [-0.4, -0.2) is 30.8 Å². The molecule has 2 rings (SSSR count). The summed E-state index contributed by atoms with van der Waals surface area (Å²) in [6, 6.07) is 16.4. The standard InChI is InChI=1S/C21H28N4OS/c1-3-18-11-7-8-16(2)19(18)24-20(22)25-21(27)23-13-15-26-14-12-17-9-5-4-6-10-17/h4-11H,3,12-15H2,1-2H3,(H4,22,23,24,25,27). The molecular formula is C21H28N4OS. The van der Waals surface area contributed by atoms with E-state index in [2.05, 4.69) is 40.7 Å². The topological polar surface area (TPSA) is 71.7 Å². The molecule has 0 aliphatic rings. The Kier molecular flexibility index (Phi) is 8.74. The number of aryl methyl sites for hydroxylation is 2. The predicted octanol–water partition coefficient (Wildman–Crippen LogP) is 3.42. The van der Waals surface area contributed by atoms with Gasteiger partial charge in [0.2, 0.25) is 5.96 Å². The zero-order chi connectivity index (χ0) is 19.5. The molecule has 0 unspecified atom stereocenters. The third-order valence-corrected chi connectivity index (χ3v) is 4.35. The van der Waals surface area contributed by atoms with Gasteiger partial charge in [-0.2, -0.15) is 4.99 Å². The first-order chi connectivity index (χ1) is 13.1. The van der Waals surface area contributed by atoms with E-state index in [4.69, 9.17) is 22.7 Å². The Balaban J connectivity index is 1.70. The highest BCUT2D eigenvalue weighted by Gasteiger charge is 2.05. The molecule has 0 radical (unpaired) electrons. The number of hydrogen-bond donors (Lipinski definition) is 3. The van der Waals surface area contributed by atoms with Gasteiger partial charge >= 0.3 is 0 Å². The molecule has 0 heterocycles. The van der Waals surface area contributed by atoms with Crippen LogP contribution in [0.5, 0.6) is 0 Å². The molecule has 5 nitrogen and oxygen atoms in total. The quantitative estimate of drug-likeness (QED) is 0.282. The number of benzene rings is 2. The number of nitrogens with zero attached hydrogens (tertiary/aromatic N) is 1. The van der Waals surface area contributed by atoms with Crippen LogP contribution in [0.25, 0.3) is 0 Å². The van der Waals surface area contributed by atoms with Gasteiger partial charge < -0.3 is 21.1 Å². The number of aliphatic imine (C=N–C) groups is 1. The minimum absolute atomic E-state index is 0.279. The summed E-state index contributed by atoms with van der Waals surface area (Å²) in [5.41, 5.74) is 10.6. The number of rotatable bonds is 8. The van der Waals surface area contributed by atoms with Crippen molar-refractivity contribution in [2.24, 2.45) is 10.7 Å². The normalized spacial score (nSPS) is 11.3.